The number of esters is 1. The third-order valence-corrected chi connectivity index (χ3v) is 8.73. The number of nitrogens with one attached hydrogen (secondary N) is 1. The van der Waals surface area contributed by atoms with Gasteiger partial charge in [-0.3, -0.25) is 9.69 Å². The van der Waals surface area contributed by atoms with E-state index in [4.69, 9.17) is 15.2 Å². The number of hydrogen-bond donors (Lipinski definition) is 2. The zero-order valence-corrected chi connectivity index (χ0v) is 25.9. The van der Waals surface area contributed by atoms with Crippen LogP contribution in [0.2, 0.25) is 0 Å². The van der Waals surface area contributed by atoms with E-state index in [-0.39, 0.29) is 11.9 Å². The summed E-state index contributed by atoms with van der Waals surface area (Å²) in [5.74, 6) is -0.473. The Hall–Kier alpha value is -2.42. The zero-order chi connectivity index (χ0) is 29.0. The number of ether oxygens (including phenoxy) is 2. The predicted molar refractivity (Wildman–Crippen MR) is 164 cm³/mol. The highest BCUT2D eigenvalue weighted by atomic mass is 79.9. The van der Waals surface area contributed by atoms with E-state index in [9.17, 15) is 9.59 Å². The number of nitrogens with two attached hydrogens (primary N) is 1. The molecule has 1 atom stereocenters. The molecule has 0 aliphatic heterocycles. The quantitative estimate of drug-likeness (QED) is 0.133. The molecule has 3 rings (SSSR count). The highest BCUT2D eigenvalue weighted by Crippen LogP contribution is 2.30. The summed E-state index contributed by atoms with van der Waals surface area (Å²) in [5, 5.41) is 2.99. The Balaban J connectivity index is 1.39. The lowest BCUT2D eigenvalue weighted by Gasteiger charge is -2.34. The van der Waals surface area contributed by atoms with Gasteiger partial charge in [0.05, 0.1) is 17.9 Å². The number of nitrogens with zero attached hydrogens (tertiary/aromatic N) is 1. The van der Waals surface area contributed by atoms with Crippen molar-refractivity contribution in [3.8, 4) is 0 Å². The number of halogens is 1. The van der Waals surface area contributed by atoms with Crippen molar-refractivity contribution in [2.24, 2.45) is 0 Å². The minimum Gasteiger partial charge on any atom is -0.462 e. The van der Waals surface area contributed by atoms with Crippen LogP contribution in [-0.2, 0) is 26.4 Å². The summed E-state index contributed by atoms with van der Waals surface area (Å²) in [6.45, 7) is 6.60. The summed E-state index contributed by atoms with van der Waals surface area (Å²) in [7, 11) is 1.55. The Morgan fingerprint density at radius 3 is 2.45 bits per heavy atom. The number of hydrogen-bond acceptors (Lipinski definition) is 6. The summed E-state index contributed by atoms with van der Waals surface area (Å²) in [6.07, 6.45) is 9.79. The van der Waals surface area contributed by atoms with Gasteiger partial charge in [0, 0.05) is 30.7 Å². The zero-order valence-electron chi connectivity index (χ0n) is 24.3. The Kier molecular flexibility index (Phi) is 12.9. The molecule has 0 radical (unpaired) electrons. The first kappa shape index (κ1) is 32.1. The van der Waals surface area contributed by atoms with Crippen molar-refractivity contribution < 1.29 is 19.1 Å². The Bertz CT molecular complexity index is 1090. The number of unbranched alkanes of at least 4 members (excludes halogenated alkanes) is 3. The van der Waals surface area contributed by atoms with Crippen molar-refractivity contribution in [3.63, 3.8) is 0 Å². The van der Waals surface area contributed by atoms with E-state index in [1.807, 2.05) is 36.4 Å². The standard InChI is InChI=1S/C32H46BrN3O4/c1-4-36(27-17-11-8-12-18-27)23-25-21-24(22-28(33)29(25)34)30(37)40-20-14-6-5-13-19-35-31(38)32(2,39-3)26-15-9-7-10-16-26/h7,9-10,15-16,21-22,27H,4-6,8,11-14,17-20,23,34H2,1-3H3,(H,35,38). The van der Waals surface area contributed by atoms with Crippen LogP contribution < -0.4 is 11.1 Å². The molecule has 220 valence electrons. The molecular weight excluding hydrogens is 570 g/mol. The first-order valence-corrected chi connectivity index (χ1v) is 15.5. The fourth-order valence-electron chi connectivity index (χ4n) is 5.38. The van der Waals surface area contributed by atoms with Gasteiger partial charge in [-0.15, -0.1) is 0 Å². The van der Waals surface area contributed by atoms with E-state index in [0.29, 0.717) is 30.4 Å². The van der Waals surface area contributed by atoms with Crippen molar-refractivity contribution in [1.29, 1.82) is 0 Å². The van der Waals surface area contributed by atoms with Gasteiger partial charge in [-0.25, -0.2) is 4.79 Å². The smallest absolute Gasteiger partial charge is 0.338 e. The van der Waals surface area contributed by atoms with Crippen molar-refractivity contribution >= 4 is 33.5 Å². The fraction of sp³-hybridized carbons (Fsp3) is 0.562. The highest BCUT2D eigenvalue weighted by Gasteiger charge is 2.34. The average molecular weight is 617 g/mol. The largest absolute Gasteiger partial charge is 0.462 e. The summed E-state index contributed by atoms with van der Waals surface area (Å²) in [6, 6.07) is 13.7. The van der Waals surface area contributed by atoms with Crippen molar-refractivity contribution in [1.82, 2.24) is 10.2 Å². The van der Waals surface area contributed by atoms with E-state index in [2.05, 4.69) is 33.1 Å². The summed E-state index contributed by atoms with van der Waals surface area (Å²) < 4.78 is 11.9. The van der Waals surface area contributed by atoms with E-state index >= 15 is 0 Å². The molecule has 1 saturated carbocycles. The van der Waals surface area contributed by atoms with Crippen LogP contribution in [0, 0.1) is 0 Å². The van der Waals surface area contributed by atoms with E-state index in [1.165, 1.54) is 32.1 Å². The first-order valence-electron chi connectivity index (χ1n) is 14.7. The minimum absolute atomic E-state index is 0.148. The molecule has 0 aromatic heterocycles. The molecule has 1 aliphatic carbocycles. The third-order valence-electron chi connectivity index (χ3n) is 8.08. The Labute approximate surface area is 248 Å². The molecule has 0 bridgehead atoms. The molecule has 3 N–H and O–H groups in total. The second kappa shape index (κ2) is 16.1. The van der Waals surface area contributed by atoms with Gasteiger partial charge in [0.25, 0.3) is 5.91 Å². The third kappa shape index (κ3) is 8.79. The Morgan fingerprint density at radius 2 is 1.77 bits per heavy atom. The van der Waals surface area contributed by atoms with Gasteiger partial charge in [-0.05, 0) is 84.8 Å². The maximum atomic E-state index is 12.8. The number of benzene rings is 2. The lowest BCUT2D eigenvalue weighted by Crippen LogP contribution is -2.44. The molecule has 8 heteroatoms. The van der Waals surface area contributed by atoms with E-state index in [1.54, 1.807) is 20.1 Å². The van der Waals surface area contributed by atoms with Crippen LogP contribution >= 0.6 is 15.9 Å². The summed E-state index contributed by atoms with van der Waals surface area (Å²) in [5.41, 5.74) is 8.37. The molecular formula is C32H46BrN3O4. The van der Waals surface area contributed by atoms with Crippen LogP contribution in [-0.4, -0.2) is 49.6 Å². The second-order valence-corrected chi connectivity index (χ2v) is 11.6. The summed E-state index contributed by atoms with van der Waals surface area (Å²) in [4.78, 5) is 28.0. The molecule has 7 nitrogen and oxygen atoms in total. The van der Waals surface area contributed by atoms with Crippen LogP contribution in [0.15, 0.2) is 46.9 Å². The number of anilines is 1. The maximum Gasteiger partial charge on any atom is 0.338 e. The van der Waals surface area contributed by atoms with Gasteiger partial charge in [-0.1, -0.05) is 62.9 Å². The minimum atomic E-state index is -1.02. The monoisotopic (exact) mass is 615 g/mol. The molecule has 40 heavy (non-hydrogen) atoms. The Morgan fingerprint density at radius 1 is 1.07 bits per heavy atom. The van der Waals surface area contributed by atoms with Gasteiger partial charge in [0.15, 0.2) is 5.60 Å². The number of nitrogen functional groups attached to an aromatic ring is 1. The molecule has 1 aliphatic rings. The van der Waals surface area contributed by atoms with Crippen molar-refractivity contribution in [2.45, 2.75) is 89.8 Å². The van der Waals surface area contributed by atoms with Crippen molar-refractivity contribution in [3.05, 3.63) is 63.6 Å². The summed E-state index contributed by atoms with van der Waals surface area (Å²) >= 11 is 3.54. The lowest BCUT2D eigenvalue weighted by molar-refractivity contribution is -0.142. The number of carbonyl (C=O) groups excluding carboxylic acids is 2. The van der Waals surface area contributed by atoms with Crippen LogP contribution in [0.5, 0.6) is 0 Å². The van der Waals surface area contributed by atoms with Gasteiger partial charge in [0.1, 0.15) is 0 Å². The molecule has 2 aromatic rings. The van der Waals surface area contributed by atoms with Crippen LogP contribution in [0.1, 0.15) is 93.1 Å². The van der Waals surface area contributed by atoms with E-state index < -0.39 is 5.60 Å². The van der Waals surface area contributed by atoms with Crippen LogP contribution in [0.4, 0.5) is 5.69 Å². The van der Waals surface area contributed by atoms with Crippen LogP contribution in [0.25, 0.3) is 0 Å². The van der Waals surface area contributed by atoms with Gasteiger partial charge in [0.2, 0.25) is 0 Å². The highest BCUT2D eigenvalue weighted by molar-refractivity contribution is 9.10. The molecule has 0 spiro atoms. The lowest BCUT2D eigenvalue weighted by atomic mass is 9.93. The van der Waals surface area contributed by atoms with Gasteiger partial charge in [-0.2, -0.15) is 0 Å². The number of methoxy groups -OCH3 is 1. The topological polar surface area (TPSA) is 93.9 Å². The predicted octanol–water partition coefficient (Wildman–Crippen LogP) is 6.58. The first-order chi connectivity index (χ1) is 19.3. The number of carbonyl (C=O) groups is 2. The maximum absolute atomic E-state index is 12.8. The molecule has 0 saturated heterocycles. The molecule has 1 amide bonds. The second-order valence-electron chi connectivity index (χ2n) is 10.8. The number of amides is 1. The SMILES string of the molecule is CCN(Cc1cc(C(=O)OCCCCCCNC(=O)C(C)(OC)c2ccccc2)cc(Br)c1N)C1CCCCC1. The van der Waals surface area contributed by atoms with Crippen molar-refractivity contribution in [2.75, 3.05) is 32.5 Å². The van der Waals surface area contributed by atoms with E-state index in [0.717, 1.165) is 54.4 Å². The van der Waals surface area contributed by atoms with Gasteiger partial charge < -0.3 is 20.5 Å². The molecule has 1 unspecified atom stereocenters. The normalized spacial score (nSPS) is 15.5. The molecule has 0 heterocycles. The fourth-order valence-corrected chi connectivity index (χ4v) is 5.89. The molecule has 1 fully saturated rings. The number of rotatable bonds is 15. The van der Waals surface area contributed by atoms with Crippen LogP contribution in [0.3, 0.4) is 0 Å². The average Bonchev–Trinajstić information content (AvgIpc) is 2.99. The molecule has 2 aromatic carbocycles. The van der Waals surface area contributed by atoms with Gasteiger partial charge >= 0.3 is 5.97 Å².